The molecular weight excluding hydrogens is 295 g/mol. The Balaban J connectivity index is 1.96. The minimum Gasteiger partial charge on any atom is -0.311 e. The highest BCUT2D eigenvalue weighted by Crippen LogP contribution is 2.23. The van der Waals surface area contributed by atoms with Gasteiger partial charge in [0.1, 0.15) is 11.6 Å². The second-order valence-corrected chi connectivity index (χ2v) is 5.63. The van der Waals surface area contributed by atoms with Crippen LogP contribution in [-0.4, -0.2) is 19.7 Å². The summed E-state index contributed by atoms with van der Waals surface area (Å²) in [6.07, 6.45) is 3.40. The summed E-state index contributed by atoms with van der Waals surface area (Å²) in [6, 6.07) is 6.32. The van der Waals surface area contributed by atoms with Crippen LogP contribution < -0.4 is 5.56 Å². The second-order valence-electron chi connectivity index (χ2n) is 5.63. The lowest BCUT2D eigenvalue weighted by molar-refractivity contribution is 0.520. The van der Waals surface area contributed by atoms with Gasteiger partial charge in [-0.25, -0.2) is 9.37 Å². The zero-order valence-electron chi connectivity index (χ0n) is 13.2. The maximum Gasteiger partial charge on any atom is 0.251 e. The third-order valence-electron chi connectivity index (χ3n) is 3.76. The van der Waals surface area contributed by atoms with Gasteiger partial charge in [-0.15, -0.1) is 0 Å². The third kappa shape index (κ3) is 3.06. The summed E-state index contributed by atoms with van der Waals surface area (Å²) in [7, 11) is 0. The number of aromatic nitrogens is 4. The van der Waals surface area contributed by atoms with Crippen molar-refractivity contribution in [1.29, 1.82) is 0 Å². The molecule has 3 aromatic rings. The van der Waals surface area contributed by atoms with E-state index in [4.69, 9.17) is 0 Å². The fourth-order valence-corrected chi connectivity index (χ4v) is 2.52. The van der Waals surface area contributed by atoms with E-state index in [1.54, 1.807) is 30.1 Å². The lowest BCUT2D eigenvalue weighted by Crippen LogP contribution is -2.09. The molecule has 3 rings (SSSR count). The van der Waals surface area contributed by atoms with Crippen LogP contribution in [0.5, 0.6) is 0 Å². The van der Waals surface area contributed by atoms with Gasteiger partial charge >= 0.3 is 0 Å². The average molecular weight is 312 g/mol. The van der Waals surface area contributed by atoms with Gasteiger partial charge in [-0.3, -0.25) is 9.48 Å². The highest BCUT2D eigenvalue weighted by atomic mass is 19.1. The van der Waals surface area contributed by atoms with Gasteiger partial charge in [0, 0.05) is 23.4 Å². The summed E-state index contributed by atoms with van der Waals surface area (Å²) in [4.78, 5) is 18.5. The molecule has 1 atom stereocenters. The molecule has 6 heteroatoms. The van der Waals surface area contributed by atoms with Crippen LogP contribution in [0.2, 0.25) is 0 Å². The van der Waals surface area contributed by atoms with E-state index < -0.39 is 0 Å². The Morgan fingerprint density at radius 3 is 2.74 bits per heavy atom. The summed E-state index contributed by atoms with van der Waals surface area (Å²) in [5.74, 6) is 0.289. The van der Waals surface area contributed by atoms with Crippen molar-refractivity contribution < 1.29 is 4.39 Å². The SMILES string of the molecule is Cc1ccc([C@H](C)n2cc(-c3cc(=O)[nH]c(C)n3)cn2)c(F)c1. The van der Waals surface area contributed by atoms with E-state index in [1.165, 1.54) is 12.1 Å². The number of hydrogen-bond acceptors (Lipinski definition) is 3. The van der Waals surface area contributed by atoms with E-state index in [1.807, 2.05) is 19.9 Å². The standard InChI is InChI=1S/C17H17FN4O/c1-10-4-5-14(15(18)6-10)11(2)22-9-13(8-19-22)16-7-17(23)21-12(3)20-16/h4-9,11H,1-3H3,(H,20,21,23)/t11-/m0/s1. The predicted molar refractivity (Wildman–Crippen MR) is 85.8 cm³/mol. The highest BCUT2D eigenvalue weighted by molar-refractivity contribution is 5.56. The van der Waals surface area contributed by atoms with Crippen molar-refractivity contribution in [3.05, 3.63) is 69.8 Å². The summed E-state index contributed by atoms with van der Waals surface area (Å²) in [5, 5.41) is 4.29. The molecule has 0 bridgehead atoms. The van der Waals surface area contributed by atoms with Crippen molar-refractivity contribution in [2.24, 2.45) is 0 Å². The first-order valence-electron chi connectivity index (χ1n) is 7.32. The molecule has 23 heavy (non-hydrogen) atoms. The third-order valence-corrected chi connectivity index (χ3v) is 3.76. The van der Waals surface area contributed by atoms with Crippen LogP contribution in [0.15, 0.2) is 41.5 Å². The highest BCUT2D eigenvalue weighted by Gasteiger charge is 2.15. The average Bonchev–Trinajstić information content (AvgIpc) is 2.95. The number of nitrogens with one attached hydrogen (secondary N) is 1. The number of rotatable bonds is 3. The number of nitrogens with zero attached hydrogens (tertiary/aromatic N) is 3. The molecule has 2 heterocycles. The summed E-state index contributed by atoms with van der Waals surface area (Å²) in [6.45, 7) is 5.45. The van der Waals surface area contributed by atoms with Crippen LogP contribution in [0.1, 0.15) is 29.9 Å². The van der Waals surface area contributed by atoms with Gasteiger partial charge in [0.05, 0.1) is 17.9 Å². The van der Waals surface area contributed by atoms with Crippen molar-refractivity contribution in [3.8, 4) is 11.3 Å². The normalized spacial score (nSPS) is 12.3. The Bertz CT molecular complexity index is 913. The van der Waals surface area contributed by atoms with E-state index in [0.29, 0.717) is 17.1 Å². The molecule has 0 aliphatic heterocycles. The molecule has 0 amide bonds. The van der Waals surface area contributed by atoms with E-state index in [9.17, 15) is 9.18 Å². The Morgan fingerprint density at radius 2 is 2.04 bits per heavy atom. The van der Waals surface area contributed by atoms with Crippen molar-refractivity contribution in [2.45, 2.75) is 26.8 Å². The number of aromatic amines is 1. The lowest BCUT2D eigenvalue weighted by Gasteiger charge is -2.13. The molecule has 5 nitrogen and oxygen atoms in total. The first-order valence-corrected chi connectivity index (χ1v) is 7.32. The van der Waals surface area contributed by atoms with Gasteiger partial charge in [0.2, 0.25) is 0 Å². The minimum atomic E-state index is -0.257. The molecule has 0 saturated heterocycles. The van der Waals surface area contributed by atoms with E-state index in [2.05, 4.69) is 15.1 Å². The maximum absolute atomic E-state index is 14.1. The van der Waals surface area contributed by atoms with Crippen molar-refractivity contribution in [2.75, 3.05) is 0 Å². The van der Waals surface area contributed by atoms with Gasteiger partial charge in [0.15, 0.2) is 0 Å². The van der Waals surface area contributed by atoms with Gasteiger partial charge in [-0.1, -0.05) is 12.1 Å². The Hall–Kier alpha value is -2.76. The summed E-state index contributed by atoms with van der Waals surface area (Å²) >= 11 is 0. The number of hydrogen-bond donors (Lipinski definition) is 1. The van der Waals surface area contributed by atoms with E-state index in [-0.39, 0.29) is 17.4 Å². The topological polar surface area (TPSA) is 63.6 Å². The summed E-state index contributed by atoms with van der Waals surface area (Å²) < 4.78 is 15.8. The largest absolute Gasteiger partial charge is 0.311 e. The Labute approximate surface area is 132 Å². The zero-order chi connectivity index (χ0) is 16.6. The number of H-pyrrole nitrogens is 1. The first kappa shape index (κ1) is 15.1. The van der Waals surface area contributed by atoms with Gasteiger partial charge in [-0.2, -0.15) is 5.10 Å². The van der Waals surface area contributed by atoms with Crippen LogP contribution in [0.4, 0.5) is 4.39 Å². The van der Waals surface area contributed by atoms with Crippen molar-refractivity contribution in [3.63, 3.8) is 0 Å². The monoisotopic (exact) mass is 312 g/mol. The number of benzene rings is 1. The Morgan fingerprint density at radius 1 is 1.26 bits per heavy atom. The molecule has 0 fully saturated rings. The lowest BCUT2D eigenvalue weighted by atomic mass is 10.1. The minimum absolute atomic E-state index is 0.210. The maximum atomic E-state index is 14.1. The van der Waals surface area contributed by atoms with E-state index >= 15 is 0 Å². The summed E-state index contributed by atoms with van der Waals surface area (Å²) in [5.41, 5.74) is 2.51. The molecule has 0 aliphatic carbocycles. The van der Waals surface area contributed by atoms with Gasteiger partial charge < -0.3 is 4.98 Å². The van der Waals surface area contributed by atoms with Crippen molar-refractivity contribution >= 4 is 0 Å². The fraction of sp³-hybridized carbons (Fsp3) is 0.235. The van der Waals surface area contributed by atoms with Crippen molar-refractivity contribution in [1.82, 2.24) is 19.7 Å². The first-order chi connectivity index (χ1) is 10.9. The molecule has 1 N–H and O–H groups in total. The van der Waals surface area contributed by atoms with Crippen LogP contribution in [0, 0.1) is 19.7 Å². The number of aryl methyl sites for hydroxylation is 2. The predicted octanol–water partition coefficient (Wildman–Crippen LogP) is 3.00. The molecule has 118 valence electrons. The quantitative estimate of drug-likeness (QED) is 0.808. The molecule has 0 radical (unpaired) electrons. The molecule has 0 spiro atoms. The molecule has 1 aromatic carbocycles. The number of halogens is 1. The van der Waals surface area contributed by atoms with Gasteiger partial charge in [0.25, 0.3) is 5.56 Å². The van der Waals surface area contributed by atoms with Crippen LogP contribution in [0.25, 0.3) is 11.3 Å². The van der Waals surface area contributed by atoms with Gasteiger partial charge in [-0.05, 0) is 32.4 Å². The second kappa shape index (κ2) is 5.79. The molecule has 0 aliphatic rings. The molecule has 2 aromatic heterocycles. The van der Waals surface area contributed by atoms with Crippen LogP contribution >= 0.6 is 0 Å². The van der Waals surface area contributed by atoms with E-state index in [0.717, 1.165) is 11.1 Å². The smallest absolute Gasteiger partial charge is 0.251 e. The molecule has 0 saturated carbocycles. The van der Waals surface area contributed by atoms with Crippen LogP contribution in [0.3, 0.4) is 0 Å². The molecule has 0 unspecified atom stereocenters. The Kier molecular flexibility index (Phi) is 3.82. The zero-order valence-corrected chi connectivity index (χ0v) is 13.2. The fourth-order valence-electron chi connectivity index (χ4n) is 2.52. The van der Waals surface area contributed by atoms with Crippen LogP contribution in [-0.2, 0) is 0 Å². The molecular formula is C17H17FN4O.